The van der Waals surface area contributed by atoms with Gasteiger partial charge in [-0.2, -0.15) is 0 Å². The van der Waals surface area contributed by atoms with Crippen LogP contribution in [0.5, 0.6) is 0 Å². The molecule has 0 bridgehead atoms. The molecule has 0 aromatic carbocycles. The third-order valence-electron chi connectivity index (χ3n) is 4.07. The van der Waals surface area contributed by atoms with Gasteiger partial charge >= 0.3 is 0 Å². The van der Waals surface area contributed by atoms with Gasteiger partial charge in [-0.3, -0.25) is 9.80 Å². The van der Waals surface area contributed by atoms with E-state index in [2.05, 4.69) is 58.3 Å². The first kappa shape index (κ1) is 16.0. The Balaban J connectivity index is 0.000000180. The number of likely N-dealkylation sites (tertiary alicyclic amines) is 2. The number of hydrogen-bond acceptors (Lipinski definition) is 2. The molecule has 0 spiro atoms. The maximum Gasteiger partial charge on any atom is 0.0125 e. The summed E-state index contributed by atoms with van der Waals surface area (Å²) in [5.74, 6) is 0.934. The summed E-state index contributed by atoms with van der Waals surface area (Å²) in [6, 6.07) is 0. The summed E-state index contributed by atoms with van der Waals surface area (Å²) in [7, 11) is 0. The van der Waals surface area contributed by atoms with Crippen molar-refractivity contribution >= 4 is 0 Å². The van der Waals surface area contributed by atoms with Crippen LogP contribution in [0, 0.1) is 5.92 Å². The van der Waals surface area contributed by atoms with E-state index in [1.165, 1.54) is 39.0 Å². The van der Waals surface area contributed by atoms with Gasteiger partial charge < -0.3 is 0 Å². The average molecular weight is 254 g/mol. The molecule has 2 heterocycles. The van der Waals surface area contributed by atoms with Gasteiger partial charge in [0.2, 0.25) is 0 Å². The first-order chi connectivity index (χ1) is 8.10. The van der Waals surface area contributed by atoms with Crippen molar-refractivity contribution < 1.29 is 0 Å². The molecule has 0 N–H and O–H groups in total. The van der Waals surface area contributed by atoms with Gasteiger partial charge in [0.15, 0.2) is 0 Å². The lowest BCUT2D eigenvalue weighted by Gasteiger charge is -2.46. The molecule has 2 nitrogen and oxygen atoms in total. The molecule has 108 valence electrons. The van der Waals surface area contributed by atoms with Crippen LogP contribution in [-0.4, -0.2) is 47.1 Å². The van der Waals surface area contributed by atoms with Gasteiger partial charge in [-0.05, 0) is 73.4 Å². The van der Waals surface area contributed by atoms with E-state index in [9.17, 15) is 0 Å². The fraction of sp³-hybridized carbons (Fsp3) is 1.00. The van der Waals surface area contributed by atoms with Crippen LogP contribution in [0.15, 0.2) is 0 Å². The second kappa shape index (κ2) is 5.92. The Morgan fingerprint density at radius 1 is 0.722 bits per heavy atom. The fourth-order valence-electron chi connectivity index (χ4n) is 2.63. The highest BCUT2D eigenvalue weighted by molar-refractivity contribution is 4.86. The normalized spacial score (nSPS) is 23.5. The minimum atomic E-state index is 0.409. The summed E-state index contributed by atoms with van der Waals surface area (Å²) in [6.07, 6.45) is 2.80. The van der Waals surface area contributed by atoms with Gasteiger partial charge in [-0.1, -0.05) is 6.92 Å². The van der Waals surface area contributed by atoms with E-state index in [1.807, 2.05) is 0 Å². The predicted molar refractivity (Wildman–Crippen MR) is 81.1 cm³/mol. The molecule has 0 aliphatic carbocycles. The highest BCUT2D eigenvalue weighted by atomic mass is 15.2. The Morgan fingerprint density at radius 3 is 1.28 bits per heavy atom. The van der Waals surface area contributed by atoms with Crippen molar-refractivity contribution in [3.8, 4) is 0 Å². The van der Waals surface area contributed by atoms with Crippen molar-refractivity contribution in [2.75, 3.05) is 26.2 Å². The maximum absolute atomic E-state index is 2.55. The van der Waals surface area contributed by atoms with Crippen LogP contribution in [0.1, 0.15) is 61.3 Å². The zero-order valence-corrected chi connectivity index (χ0v) is 13.7. The first-order valence-corrected chi connectivity index (χ1v) is 7.61. The molecule has 2 saturated heterocycles. The quantitative estimate of drug-likeness (QED) is 0.651. The first-order valence-electron chi connectivity index (χ1n) is 7.61. The molecule has 0 aromatic rings. The van der Waals surface area contributed by atoms with Gasteiger partial charge in [0.05, 0.1) is 0 Å². The molecular formula is C16H34N2. The number of rotatable bonds is 0. The van der Waals surface area contributed by atoms with Crippen LogP contribution in [0.2, 0.25) is 0 Å². The van der Waals surface area contributed by atoms with Crippen LogP contribution >= 0.6 is 0 Å². The minimum absolute atomic E-state index is 0.409. The molecule has 0 atom stereocenters. The van der Waals surface area contributed by atoms with E-state index < -0.39 is 0 Å². The lowest BCUT2D eigenvalue weighted by atomic mass is 9.94. The lowest BCUT2D eigenvalue weighted by molar-refractivity contribution is 0.0224. The second-order valence-corrected chi connectivity index (χ2v) is 8.05. The molecule has 0 radical (unpaired) electrons. The van der Waals surface area contributed by atoms with E-state index in [-0.39, 0.29) is 0 Å². The van der Waals surface area contributed by atoms with Crippen LogP contribution < -0.4 is 0 Å². The van der Waals surface area contributed by atoms with Crippen LogP contribution in [0.3, 0.4) is 0 Å². The minimum Gasteiger partial charge on any atom is -0.298 e. The number of hydrogen-bond donors (Lipinski definition) is 0. The highest BCUT2D eigenvalue weighted by Crippen LogP contribution is 2.24. The Kier molecular flexibility index (Phi) is 5.25. The van der Waals surface area contributed by atoms with Gasteiger partial charge in [-0.25, -0.2) is 0 Å². The third kappa shape index (κ3) is 4.89. The van der Waals surface area contributed by atoms with Crippen molar-refractivity contribution in [2.45, 2.75) is 72.4 Å². The van der Waals surface area contributed by atoms with E-state index in [0.717, 1.165) is 5.92 Å². The van der Waals surface area contributed by atoms with E-state index in [1.54, 1.807) is 0 Å². The SMILES string of the molecule is CC(C)(C)N1CCCC1.CC1CN(C(C)(C)C)C1. The second-order valence-electron chi connectivity index (χ2n) is 8.05. The average Bonchev–Trinajstić information content (AvgIpc) is 2.64. The smallest absolute Gasteiger partial charge is 0.0125 e. The van der Waals surface area contributed by atoms with Crippen LogP contribution in [0.4, 0.5) is 0 Å². The fourth-order valence-corrected chi connectivity index (χ4v) is 2.63. The Labute approximate surface area is 115 Å². The Morgan fingerprint density at radius 2 is 1.11 bits per heavy atom. The molecule has 0 aromatic heterocycles. The molecule has 0 unspecified atom stereocenters. The van der Waals surface area contributed by atoms with Crippen molar-refractivity contribution in [1.82, 2.24) is 9.80 Å². The molecule has 0 saturated carbocycles. The Hall–Kier alpha value is -0.0800. The van der Waals surface area contributed by atoms with Crippen LogP contribution in [-0.2, 0) is 0 Å². The predicted octanol–water partition coefficient (Wildman–Crippen LogP) is 3.62. The van der Waals surface area contributed by atoms with Crippen molar-refractivity contribution in [2.24, 2.45) is 5.92 Å². The van der Waals surface area contributed by atoms with Gasteiger partial charge in [0.25, 0.3) is 0 Å². The van der Waals surface area contributed by atoms with E-state index >= 15 is 0 Å². The molecule has 2 aliphatic rings. The van der Waals surface area contributed by atoms with E-state index in [4.69, 9.17) is 0 Å². The number of nitrogens with zero attached hydrogens (tertiary/aromatic N) is 2. The largest absolute Gasteiger partial charge is 0.298 e. The molecule has 2 fully saturated rings. The molecule has 18 heavy (non-hydrogen) atoms. The monoisotopic (exact) mass is 254 g/mol. The zero-order chi connectivity index (χ0) is 14.0. The zero-order valence-electron chi connectivity index (χ0n) is 13.7. The molecule has 2 rings (SSSR count). The van der Waals surface area contributed by atoms with Crippen molar-refractivity contribution in [1.29, 1.82) is 0 Å². The topological polar surface area (TPSA) is 6.48 Å². The third-order valence-corrected chi connectivity index (χ3v) is 4.07. The summed E-state index contributed by atoms with van der Waals surface area (Å²) in [4.78, 5) is 5.06. The van der Waals surface area contributed by atoms with Crippen molar-refractivity contribution in [3.63, 3.8) is 0 Å². The summed E-state index contributed by atoms with van der Waals surface area (Å²) >= 11 is 0. The molecule has 0 amide bonds. The van der Waals surface area contributed by atoms with Crippen LogP contribution in [0.25, 0.3) is 0 Å². The molecular weight excluding hydrogens is 220 g/mol. The molecule has 2 aliphatic heterocycles. The van der Waals surface area contributed by atoms with Gasteiger partial charge in [0, 0.05) is 24.2 Å². The van der Waals surface area contributed by atoms with E-state index in [0.29, 0.717) is 11.1 Å². The summed E-state index contributed by atoms with van der Waals surface area (Å²) in [5.41, 5.74) is 0.822. The maximum atomic E-state index is 2.55. The highest BCUT2D eigenvalue weighted by Gasteiger charge is 2.31. The molecule has 2 heteroatoms. The Bertz CT molecular complexity index is 235. The lowest BCUT2D eigenvalue weighted by Crippen LogP contribution is -2.54. The summed E-state index contributed by atoms with van der Waals surface area (Å²) in [5, 5.41) is 0. The van der Waals surface area contributed by atoms with Gasteiger partial charge in [-0.15, -0.1) is 0 Å². The van der Waals surface area contributed by atoms with Gasteiger partial charge in [0.1, 0.15) is 0 Å². The van der Waals surface area contributed by atoms with Crippen molar-refractivity contribution in [3.05, 3.63) is 0 Å². The summed E-state index contributed by atoms with van der Waals surface area (Å²) < 4.78 is 0. The summed E-state index contributed by atoms with van der Waals surface area (Å²) in [6.45, 7) is 21.2. The standard InChI is InChI=1S/2C8H17N/c1-7-5-9(6-7)8(2,3)4;1-8(2,3)9-6-4-5-7-9/h7H,5-6H2,1-4H3;4-7H2,1-3H3.